The first-order chi connectivity index (χ1) is 43.7. The van der Waals surface area contributed by atoms with E-state index in [-0.39, 0.29) is 12.0 Å². The van der Waals surface area contributed by atoms with Crippen molar-refractivity contribution in [2.24, 2.45) is 0 Å². The predicted molar refractivity (Wildman–Crippen MR) is 368 cm³/mol. The zero-order valence-electron chi connectivity index (χ0n) is 48.0. The standard InChI is InChI=1S/C83H55N5/c1-2-22-54(23-3-1)59-50-72(57-26-20-24-55(48-57)70-52-60(85-74-36-12-4-28-62(74)63-29-5-13-37-75(63)85)44-46-82(70)87-78-40-16-8-32-66(78)67-33-9-17-41-79(67)87)84-73(51-59)58-27-21-25-56(49-58)71-53-61(86-76-38-14-6-30-64(76)65-31-7-15-39-77(65)86)45-47-83(71)88-80-42-18-10-34-68(80)69-35-11-19-43-81(69)88/h1-53,62,74H. The summed E-state index contributed by atoms with van der Waals surface area (Å²) >= 11 is 0. The lowest BCUT2D eigenvalue weighted by Gasteiger charge is -2.29. The molecule has 412 valence electrons. The molecule has 0 radical (unpaired) electrons. The van der Waals surface area contributed by atoms with Gasteiger partial charge in [0, 0.05) is 77.6 Å². The molecule has 0 N–H and O–H groups in total. The molecule has 0 saturated carbocycles. The van der Waals surface area contributed by atoms with Crippen LogP contribution in [-0.2, 0) is 0 Å². The van der Waals surface area contributed by atoms with E-state index in [0.717, 1.165) is 89.7 Å². The molecule has 88 heavy (non-hydrogen) atoms. The van der Waals surface area contributed by atoms with Gasteiger partial charge in [-0.3, -0.25) is 0 Å². The number of hydrogen-bond donors (Lipinski definition) is 0. The van der Waals surface area contributed by atoms with Gasteiger partial charge in [0.25, 0.3) is 0 Å². The Hall–Kier alpha value is -11.5. The number of fused-ring (bicyclic) bond motifs is 12. The minimum absolute atomic E-state index is 0.159. The Kier molecular flexibility index (Phi) is 11.4. The summed E-state index contributed by atoms with van der Waals surface area (Å²) in [4.78, 5) is 8.26. The van der Waals surface area contributed by atoms with Gasteiger partial charge >= 0.3 is 0 Å². The van der Waals surface area contributed by atoms with E-state index in [1.54, 1.807) is 0 Å². The van der Waals surface area contributed by atoms with Crippen molar-refractivity contribution in [2.45, 2.75) is 12.0 Å². The summed E-state index contributed by atoms with van der Waals surface area (Å²) in [6, 6.07) is 109. The molecule has 2 aliphatic rings. The average Bonchev–Trinajstić information content (AvgIpc) is 1.76. The van der Waals surface area contributed by atoms with E-state index in [1.165, 1.54) is 65.6 Å². The van der Waals surface area contributed by atoms with Crippen LogP contribution in [0.15, 0.2) is 322 Å². The van der Waals surface area contributed by atoms with Crippen LogP contribution in [0.5, 0.6) is 0 Å². The highest BCUT2D eigenvalue weighted by molar-refractivity contribution is 6.12. The highest BCUT2D eigenvalue weighted by Crippen LogP contribution is 2.50. The molecular weight excluding hydrogens is 1070 g/mol. The quantitative estimate of drug-likeness (QED) is 0.144. The average molecular weight is 1120 g/mol. The first-order valence-electron chi connectivity index (χ1n) is 30.4. The zero-order valence-corrected chi connectivity index (χ0v) is 48.0. The van der Waals surface area contributed by atoms with Crippen molar-refractivity contribution < 1.29 is 0 Å². The van der Waals surface area contributed by atoms with Crippen molar-refractivity contribution in [3.63, 3.8) is 0 Å². The van der Waals surface area contributed by atoms with E-state index in [1.807, 2.05) is 0 Å². The van der Waals surface area contributed by atoms with Gasteiger partial charge in [-0.1, -0.05) is 218 Å². The molecule has 16 aromatic rings. The van der Waals surface area contributed by atoms with Gasteiger partial charge < -0.3 is 18.6 Å². The SMILES string of the molecule is C1=CC2c3ccccc3N(c3ccc(-n4c5ccccc5c5ccccc54)c(-c4cccc(-c5cc(-c6ccccc6)cc(-c6cccc(-c7cc(-n8c9ccccc9c9ccccc98)ccc7-n7c8ccccc8c8ccccc87)c6)n5)c4)c3)C2C=C1. The molecule has 2 atom stereocenters. The fourth-order valence-electron chi connectivity index (χ4n) is 14.7. The number of nitrogens with zero attached hydrogens (tertiary/aromatic N) is 5. The number of para-hydroxylation sites is 7. The summed E-state index contributed by atoms with van der Waals surface area (Å²) in [7, 11) is 0. The van der Waals surface area contributed by atoms with Crippen LogP contribution in [0.2, 0.25) is 0 Å². The Morgan fingerprint density at radius 3 is 1.17 bits per heavy atom. The number of allylic oxidation sites excluding steroid dienone is 2. The first-order valence-corrected chi connectivity index (χ1v) is 30.4. The minimum Gasteiger partial charge on any atom is -0.333 e. The van der Waals surface area contributed by atoms with Gasteiger partial charge in [-0.15, -0.1) is 0 Å². The second-order valence-electron chi connectivity index (χ2n) is 23.4. The molecule has 0 fully saturated rings. The highest BCUT2D eigenvalue weighted by atomic mass is 15.2. The molecule has 12 aromatic carbocycles. The van der Waals surface area contributed by atoms with Crippen LogP contribution in [0.4, 0.5) is 11.4 Å². The largest absolute Gasteiger partial charge is 0.333 e. The molecular formula is C83H55N5. The van der Waals surface area contributed by atoms with Crippen molar-refractivity contribution in [2.75, 3.05) is 4.90 Å². The van der Waals surface area contributed by atoms with Gasteiger partial charge in [0.2, 0.25) is 0 Å². The van der Waals surface area contributed by atoms with Crippen molar-refractivity contribution in [3.8, 4) is 73.0 Å². The molecule has 0 spiro atoms. The Morgan fingerprint density at radius 2 is 0.659 bits per heavy atom. The predicted octanol–water partition coefficient (Wildman–Crippen LogP) is 21.4. The number of anilines is 2. The van der Waals surface area contributed by atoms with Crippen LogP contribution in [0.1, 0.15) is 11.5 Å². The third kappa shape index (κ3) is 7.84. The molecule has 5 nitrogen and oxygen atoms in total. The third-order valence-corrected chi connectivity index (χ3v) is 18.5. The summed E-state index contributed by atoms with van der Waals surface area (Å²) in [5, 5.41) is 7.38. The van der Waals surface area contributed by atoms with E-state index in [9.17, 15) is 0 Å². The van der Waals surface area contributed by atoms with Crippen molar-refractivity contribution in [1.82, 2.24) is 18.7 Å². The molecule has 18 rings (SSSR count). The van der Waals surface area contributed by atoms with E-state index in [0.29, 0.717) is 0 Å². The Bertz CT molecular complexity index is 5400. The second-order valence-corrected chi connectivity index (χ2v) is 23.4. The van der Waals surface area contributed by atoms with Crippen LogP contribution in [-0.4, -0.2) is 24.7 Å². The lowest BCUT2D eigenvalue weighted by Crippen LogP contribution is -2.28. The first kappa shape index (κ1) is 49.9. The van der Waals surface area contributed by atoms with E-state index in [2.05, 4.69) is 340 Å². The summed E-state index contributed by atoms with van der Waals surface area (Å²) in [5.41, 5.74) is 24.6. The number of benzene rings is 12. The number of pyridine rings is 1. The second kappa shape index (κ2) is 20.1. The van der Waals surface area contributed by atoms with Gasteiger partial charge in [0.15, 0.2) is 0 Å². The smallest absolute Gasteiger partial charge is 0.0715 e. The van der Waals surface area contributed by atoms with Crippen molar-refractivity contribution in [3.05, 3.63) is 327 Å². The lowest BCUT2D eigenvalue weighted by atomic mass is 9.91. The van der Waals surface area contributed by atoms with E-state index in [4.69, 9.17) is 4.98 Å². The minimum atomic E-state index is 0.159. The maximum atomic E-state index is 5.72. The van der Waals surface area contributed by atoms with Crippen molar-refractivity contribution >= 4 is 76.8 Å². The third-order valence-electron chi connectivity index (χ3n) is 18.5. The van der Waals surface area contributed by atoms with Crippen LogP contribution >= 0.6 is 0 Å². The number of aromatic nitrogens is 4. The molecule has 1 aliphatic heterocycles. The van der Waals surface area contributed by atoms with E-state index >= 15 is 0 Å². The molecule has 4 aromatic heterocycles. The Balaban J connectivity index is 0.824. The normalized spacial score (nSPS) is 14.5. The molecule has 2 unspecified atom stereocenters. The van der Waals surface area contributed by atoms with Crippen molar-refractivity contribution in [1.29, 1.82) is 0 Å². The number of rotatable bonds is 9. The molecule has 1 aliphatic carbocycles. The van der Waals surface area contributed by atoms with E-state index < -0.39 is 0 Å². The van der Waals surface area contributed by atoms with Crippen LogP contribution in [0.25, 0.3) is 138 Å². The molecule has 0 amide bonds. The molecule has 5 heteroatoms. The zero-order chi connectivity index (χ0) is 57.8. The monoisotopic (exact) mass is 1120 g/mol. The summed E-state index contributed by atoms with van der Waals surface area (Å²) in [6.45, 7) is 0. The van der Waals surface area contributed by atoms with Gasteiger partial charge in [-0.05, 0) is 131 Å². The van der Waals surface area contributed by atoms with Gasteiger partial charge in [0.1, 0.15) is 0 Å². The highest BCUT2D eigenvalue weighted by Gasteiger charge is 2.37. The fraction of sp³-hybridized carbons (Fsp3) is 0.0241. The van der Waals surface area contributed by atoms with Gasteiger partial charge in [0.05, 0.1) is 61.9 Å². The summed E-state index contributed by atoms with van der Waals surface area (Å²) < 4.78 is 7.34. The maximum absolute atomic E-state index is 5.72. The maximum Gasteiger partial charge on any atom is 0.0715 e. The summed E-state index contributed by atoms with van der Waals surface area (Å²) in [6.07, 6.45) is 9.12. The molecule has 5 heterocycles. The van der Waals surface area contributed by atoms with Gasteiger partial charge in [-0.25, -0.2) is 4.98 Å². The topological polar surface area (TPSA) is 30.9 Å². The molecule has 0 saturated heterocycles. The van der Waals surface area contributed by atoms with Crippen LogP contribution in [0.3, 0.4) is 0 Å². The molecule has 0 bridgehead atoms. The van der Waals surface area contributed by atoms with Crippen LogP contribution in [0, 0.1) is 0 Å². The van der Waals surface area contributed by atoms with Crippen LogP contribution < -0.4 is 4.90 Å². The Labute approximate surface area is 509 Å². The van der Waals surface area contributed by atoms with Gasteiger partial charge in [-0.2, -0.15) is 0 Å². The summed E-state index contributed by atoms with van der Waals surface area (Å²) in [5.74, 6) is 0.265. The lowest BCUT2D eigenvalue weighted by molar-refractivity contribution is 0.745. The number of hydrogen-bond acceptors (Lipinski definition) is 2. The Morgan fingerprint density at radius 1 is 0.261 bits per heavy atom. The fourth-order valence-corrected chi connectivity index (χ4v) is 14.7.